The average molecular weight is 257 g/mol. The minimum Gasteiger partial charge on any atom is -0.484 e. The van der Waals surface area contributed by atoms with E-state index in [1.54, 1.807) is 7.11 Å². The van der Waals surface area contributed by atoms with Crippen molar-refractivity contribution >= 4 is 0 Å². The van der Waals surface area contributed by atoms with Gasteiger partial charge in [-0.25, -0.2) is 4.39 Å². The molecule has 0 bridgehead atoms. The Bertz CT molecular complexity index is 414. The fourth-order valence-corrected chi connectivity index (χ4v) is 2.21. The summed E-state index contributed by atoms with van der Waals surface area (Å²) in [4.78, 5) is 0. The number of rotatable bonds is 5. The first kappa shape index (κ1) is 13.2. The molecule has 5 heteroatoms. The normalized spacial score (nSPS) is 26.8. The van der Waals surface area contributed by atoms with E-state index in [1.165, 1.54) is 12.1 Å². The number of methoxy groups -OCH3 is 1. The molecule has 1 saturated carbocycles. The first-order valence-electron chi connectivity index (χ1n) is 6.04. The van der Waals surface area contributed by atoms with Crippen LogP contribution >= 0.6 is 0 Å². The van der Waals surface area contributed by atoms with Crippen LogP contribution in [0.1, 0.15) is 13.3 Å². The fraction of sp³-hybridized carbons (Fsp3) is 0.538. The number of hydrogen-bond donors (Lipinski definition) is 1. The zero-order valence-corrected chi connectivity index (χ0v) is 10.5. The molecule has 0 amide bonds. The highest BCUT2D eigenvalue weighted by Gasteiger charge is 2.43. The molecule has 0 radical (unpaired) electrons. The topological polar surface area (TPSA) is 30.5 Å². The van der Waals surface area contributed by atoms with Gasteiger partial charge in [0.15, 0.2) is 11.6 Å². The summed E-state index contributed by atoms with van der Waals surface area (Å²) in [5.74, 6) is -1.90. The van der Waals surface area contributed by atoms with Gasteiger partial charge in [-0.05, 0) is 18.7 Å². The minimum absolute atomic E-state index is 0.0583. The maximum atomic E-state index is 13.4. The Morgan fingerprint density at radius 2 is 2.17 bits per heavy atom. The van der Waals surface area contributed by atoms with Gasteiger partial charge in [0.05, 0.1) is 0 Å². The van der Waals surface area contributed by atoms with Crippen molar-refractivity contribution in [1.82, 2.24) is 5.32 Å². The molecule has 1 aromatic carbocycles. The summed E-state index contributed by atoms with van der Waals surface area (Å²) in [6, 6.07) is 4.13. The first-order valence-corrected chi connectivity index (χ1v) is 6.04. The zero-order chi connectivity index (χ0) is 13.1. The van der Waals surface area contributed by atoms with Crippen molar-refractivity contribution in [2.75, 3.05) is 13.7 Å². The maximum Gasteiger partial charge on any atom is 0.200 e. The first-order chi connectivity index (χ1) is 8.67. The second kappa shape index (κ2) is 5.63. The van der Waals surface area contributed by atoms with E-state index in [0.717, 1.165) is 19.0 Å². The lowest BCUT2D eigenvalue weighted by atomic mass is 9.85. The van der Waals surface area contributed by atoms with Gasteiger partial charge in [-0.3, -0.25) is 0 Å². The summed E-state index contributed by atoms with van der Waals surface area (Å²) in [7, 11) is 1.59. The molecule has 3 atom stereocenters. The highest BCUT2D eigenvalue weighted by atomic mass is 19.2. The van der Waals surface area contributed by atoms with Crippen molar-refractivity contribution in [3.8, 4) is 5.75 Å². The second-order valence-corrected chi connectivity index (χ2v) is 4.31. The highest BCUT2D eigenvalue weighted by molar-refractivity contribution is 5.26. The molecule has 100 valence electrons. The van der Waals surface area contributed by atoms with E-state index in [9.17, 15) is 8.78 Å². The van der Waals surface area contributed by atoms with Crippen molar-refractivity contribution in [3.63, 3.8) is 0 Å². The quantitative estimate of drug-likeness (QED) is 0.876. The molecule has 0 saturated heterocycles. The van der Waals surface area contributed by atoms with Gasteiger partial charge in [-0.15, -0.1) is 0 Å². The fourth-order valence-electron chi connectivity index (χ4n) is 2.21. The van der Waals surface area contributed by atoms with Crippen molar-refractivity contribution < 1.29 is 18.3 Å². The molecule has 1 fully saturated rings. The Balaban J connectivity index is 2.00. The average Bonchev–Trinajstić information content (AvgIpc) is 2.33. The van der Waals surface area contributed by atoms with Crippen molar-refractivity contribution in [2.45, 2.75) is 31.6 Å². The lowest BCUT2D eigenvalue weighted by Crippen LogP contribution is -2.60. The molecule has 1 aromatic rings. The van der Waals surface area contributed by atoms with Crippen LogP contribution in [0.2, 0.25) is 0 Å². The molecule has 3 unspecified atom stereocenters. The Hall–Kier alpha value is -1.20. The van der Waals surface area contributed by atoms with Crippen molar-refractivity contribution in [3.05, 3.63) is 29.8 Å². The summed E-state index contributed by atoms with van der Waals surface area (Å²) in [6.07, 6.45) is 0.352. The van der Waals surface area contributed by atoms with Crippen LogP contribution in [0.25, 0.3) is 0 Å². The van der Waals surface area contributed by atoms with Gasteiger partial charge >= 0.3 is 0 Å². The molecule has 0 spiro atoms. The highest BCUT2D eigenvalue weighted by Crippen LogP contribution is 2.30. The molecule has 0 aromatic heterocycles. The van der Waals surface area contributed by atoms with Gasteiger partial charge in [-0.1, -0.05) is 13.0 Å². The van der Waals surface area contributed by atoms with E-state index in [0.29, 0.717) is 0 Å². The van der Waals surface area contributed by atoms with E-state index in [2.05, 4.69) is 5.32 Å². The Morgan fingerprint density at radius 1 is 1.39 bits per heavy atom. The van der Waals surface area contributed by atoms with Gasteiger partial charge < -0.3 is 14.8 Å². The predicted octanol–water partition coefficient (Wildman–Crippen LogP) is 2.11. The van der Waals surface area contributed by atoms with E-state index < -0.39 is 11.6 Å². The second-order valence-electron chi connectivity index (χ2n) is 4.31. The standard InChI is InChI=1S/C13H17F2NO2/c1-3-16-9-7-11(13(9)17-2)18-10-6-4-5-8(14)12(10)15/h4-6,9,11,13,16H,3,7H2,1-2H3. The zero-order valence-electron chi connectivity index (χ0n) is 10.5. The summed E-state index contributed by atoms with van der Waals surface area (Å²) in [5.41, 5.74) is 0. The molecule has 2 rings (SSSR count). The molecule has 0 heterocycles. The smallest absolute Gasteiger partial charge is 0.200 e. The SMILES string of the molecule is CCNC1CC(Oc2cccc(F)c2F)C1OC. The van der Waals surface area contributed by atoms with E-state index >= 15 is 0 Å². The third kappa shape index (κ3) is 2.47. The van der Waals surface area contributed by atoms with Crippen LogP contribution in [0.5, 0.6) is 5.75 Å². The lowest BCUT2D eigenvalue weighted by molar-refractivity contribution is -0.0895. The number of benzene rings is 1. The predicted molar refractivity (Wildman–Crippen MR) is 63.7 cm³/mol. The van der Waals surface area contributed by atoms with Gasteiger partial charge in [0.2, 0.25) is 5.82 Å². The van der Waals surface area contributed by atoms with E-state index in [1.807, 2.05) is 6.92 Å². The molecule has 0 aliphatic heterocycles. The summed E-state index contributed by atoms with van der Waals surface area (Å²) >= 11 is 0. The largest absolute Gasteiger partial charge is 0.484 e. The molecule has 1 aliphatic rings. The Labute approximate surface area is 105 Å². The molecular formula is C13H17F2NO2. The Morgan fingerprint density at radius 3 is 2.83 bits per heavy atom. The summed E-state index contributed by atoms with van der Waals surface area (Å²) in [6.45, 7) is 2.85. The van der Waals surface area contributed by atoms with Crippen LogP contribution in [0.3, 0.4) is 0 Å². The van der Waals surface area contributed by atoms with Gasteiger partial charge in [0.1, 0.15) is 12.2 Å². The van der Waals surface area contributed by atoms with Crippen LogP contribution in [0.15, 0.2) is 18.2 Å². The number of nitrogens with one attached hydrogen (secondary N) is 1. The number of halogens is 2. The van der Waals surface area contributed by atoms with Crippen molar-refractivity contribution in [1.29, 1.82) is 0 Å². The van der Waals surface area contributed by atoms with Gasteiger partial charge in [0, 0.05) is 19.6 Å². The summed E-state index contributed by atoms with van der Waals surface area (Å²) in [5, 5.41) is 3.25. The van der Waals surface area contributed by atoms with E-state index in [-0.39, 0.29) is 24.0 Å². The summed E-state index contributed by atoms with van der Waals surface area (Å²) < 4.78 is 37.2. The van der Waals surface area contributed by atoms with Crippen LogP contribution in [-0.2, 0) is 4.74 Å². The molecule has 18 heavy (non-hydrogen) atoms. The third-order valence-electron chi connectivity index (χ3n) is 3.18. The van der Waals surface area contributed by atoms with Crippen LogP contribution in [0.4, 0.5) is 8.78 Å². The van der Waals surface area contributed by atoms with E-state index in [4.69, 9.17) is 9.47 Å². The van der Waals surface area contributed by atoms with Crippen LogP contribution in [0, 0.1) is 11.6 Å². The number of likely N-dealkylation sites (N-methyl/N-ethyl adjacent to an activating group) is 1. The van der Waals surface area contributed by atoms with Gasteiger partial charge in [-0.2, -0.15) is 4.39 Å². The molecule has 1 N–H and O–H groups in total. The molecule has 3 nitrogen and oxygen atoms in total. The maximum absolute atomic E-state index is 13.4. The van der Waals surface area contributed by atoms with Crippen molar-refractivity contribution in [2.24, 2.45) is 0 Å². The van der Waals surface area contributed by atoms with Crippen LogP contribution in [-0.4, -0.2) is 31.9 Å². The lowest BCUT2D eigenvalue weighted by Gasteiger charge is -2.43. The third-order valence-corrected chi connectivity index (χ3v) is 3.18. The molecule has 1 aliphatic carbocycles. The van der Waals surface area contributed by atoms with Gasteiger partial charge in [0.25, 0.3) is 0 Å². The minimum atomic E-state index is -0.945. The Kier molecular flexibility index (Phi) is 4.14. The number of hydrogen-bond acceptors (Lipinski definition) is 3. The monoisotopic (exact) mass is 257 g/mol. The number of ether oxygens (including phenoxy) is 2. The molecular weight excluding hydrogens is 240 g/mol. The van der Waals surface area contributed by atoms with Crippen LogP contribution < -0.4 is 10.1 Å².